The predicted molar refractivity (Wildman–Crippen MR) is 138 cm³/mol. The molecule has 2 aliphatic rings. The van der Waals surface area contributed by atoms with Crippen molar-refractivity contribution in [2.24, 2.45) is 0 Å². The van der Waals surface area contributed by atoms with E-state index in [9.17, 15) is 14.3 Å². The number of amides is 2. The number of likely N-dealkylation sites (tertiary alicyclic amines) is 1. The topological polar surface area (TPSA) is 80.8 Å². The Morgan fingerprint density at radius 3 is 2.58 bits per heavy atom. The molecule has 0 bridgehead atoms. The van der Waals surface area contributed by atoms with Crippen LogP contribution in [-0.4, -0.2) is 65.3 Å². The summed E-state index contributed by atoms with van der Waals surface area (Å²) >= 11 is 0. The van der Waals surface area contributed by atoms with Crippen LogP contribution in [0, 0.1) is 5.82 Å². The quantitative estimate of drug-likeness (QED) is 0.494. The number of aromatic nitrogens is 1. The molecule has 2 aromatic carbocycles. The molecule has 192 valence electrons. The molecule has 0 radical (unpaired) electrons. The van der Waals surface area contributed by atoms with Crippen LogP contribution in [0.15, 0.2) is 42.5 Å². The average Bonchev–Trinajstić information content (AvgIpc) is 3.26. The van der Waals surface area contributed by atoms with Crippen LogP contribution in [0.4, 0.5) is 9.18 Å². The Morgan fingerprint density at radius 1 is 1.22 bits per heavy atom. The SMILES string of the molecule is COc1ccc2c3c([nH]c2c1)[C@@H](CO)N(C(=O)NC(C)C)CC31CCN(Cc2ccc(F)cc2)CC1. The van der Waals surface area contributed by atoms with E-state index in [0.717, 1.165) is 60.4 Å². The number of hydrogen-bond acceptors (Lipinski definition) is 4. The van der Waals surface area contributed by atoms with Gasteiger partial charge >= 0.3 is 6.03 Å². The Labute approximate surface area is 211 Å². The molecule has 3 heterocycles. The number of rotatable bonds is 5. The summed E-state index contributed by atoms with van der Waals surface area (Å²) in [6.07, 6.45) is 1.76. The van der Waals surface area contributed by atoms with Gasteiger partial charge in [-0.05, 0) is 75.2 Å². The van der Waals surface area contributed by atoms with Gasteiger partial charge in [0.05, 0.1) is 19.8 Å². The number of hydrogen-bond donors (Lipinski definition) is 3. The number of ether oxygens (including phenoxy) is 1. The molecule has 8 heteroatoms. The van der Waals surface area contributed by atoms with E-state index in [1.807, 2.05) is 43.0 Å². The third kappa shape index (κ3) is 4.44. The number of benzene rings is 2. The van der Waals surface area contributed by atoms with Crippen molar-refractivity contribution in [1.29, 1.82) is 0 Å². The van der Waals surface area contributed by atoms with Crippen LogP contribution < -0.4 is 10.1 Å². The first kappa shape index (κ1) is 24.6. The molecule has 7 nitrogen and oxygen atoms in total. The number of piperidine rings is 1. The van der Waals surface area contributed by atoms with Crippen molar-refractivity contribution in [3.8, 4) is 5.75 Å². The maximum absolute atomic E-state index is 13.4. The maximum atomic E-state index is 13.4. The van der Waals surface area contributed by atoms with Crippen molar-refractivity contribution in [3.63, 3.8) is 0 Å². The molecule has 1 saturated heterocycles. The van der Waals surface area contributed by atoms with Crippen LogP contribution in [-0.2, 0) is 12.0 Å². The Balaban J connectivity index is 1.51. The Morgan fingerprint density at radius 2 is 1.94 bits per heavy atom. The Kier molecular flexibility index (Phi) is 6.66. The van der Waals surface area contributed by atoms with E-state index in [2.05, 4.69) is 21.3 Å². The van der Waals surface area contributed by atoms with E-state index < -0.39 is 6.04 Å². The lowest BCUT2D eigenvalue weighted by molar-refractivity contribution is 0.0656. The number of carbonyl (C=O) groups excluding carboxylic acids is 1. The molecule has 0 aliphatic carbocycles. The maximum Gasteiger partial charge on any atom is 0.318 e. The molecule has 5 rings (SSSR count). The third-order valence-electron chi connectivity index (χ3n) is 7.73. The van der Waals surface area contributed by atoms with E-state index in [0.29, 0.717) is 6.54 Å². The van der Waals surface area contributed by atoms with Gasteiger partial charge in [-0.3, -0.25) is 4.90 Å². The molecule has 0 unspecified atom stereocenters. The fourth-order valence-corrected chi connectivity index (χ4v) is 5.95. The van der Waals surface area contributed by atoms with Crippen molar-refractivity contribution in [2.45, 2.75) is 50.7 Å². The monoisotopic (exact) mass is 494 g/mol. The van der Waals surface area contributed by atoms with Gasteiger partial charge in [0, 0.05) is 47.2 Å². The summed E-state index contributed by atoms with van der Waals surface area (Å²) in [7, 11) is 1.65. The fraction of sp³-hybridized carbons (Fsp3) is 0.464. The van der Waals surface area contributed by atoms with Gasteiger partial charge in [-0.1, -0.05) is 12.1 Å². The number of nitrogens with zero attached hydrogens (tertiary/aromatic N) is 2. The number of aromatic amines is 1. The second-order valence-electron chi connectivity index (χ2n) is 10.4. The van der Waals surface area contributed by atoms with Gasteiger partial charge in [0.2, 0.25) is 0 Å². The molecule has 1 fully saturated rings. The van der Waals surface area contributed by atoms with Gasteiger partial charge in [-0.2, -0.15) is 0 Å². The van der Waals surface area contributed by atoms with Crippen molar-refractivity contribution >= 4 is 16.9 Å². The number of aliphatic hydroxyl groups is 1. The normalized spacial score (nSPS) is 19.6. The van der Waals surface area contributed by atoms with Crippen LogP contribution in [0.5, 0.6) is 5.75 Å². The molecule has 1 spiro atoms. The lowest BCUT2D eigenvalue weighted by atomic mass is 9.68. The van der Waals surface area contributed by atoms with Gasteiger partial charge in [-0.25, -0.2) is 9.18 Å². The number of nitrogens with one attached hydrogen (secondary N) is 2. The van der Waals surface area contributed by atoms with Gasteiger partial charge in [0.1, 0.15) is 11.6 Å². The van der Waals surface area contributed by atoms with E-state index in [1.165, 1.54) is 17.7 Å². The van der Waals surface area contributed by atoms with Crippen LogP contribution in [0.25, 0.3) is 10.9 Å². The zero-order valence-electron chi connectivity index (χ0n) is 21.2. The van der Waals surface area contributed by atoms with E-state index in [4.69, 9.17) is 4.74 Å². The van der Waals surface area contributed by atoms with Crippen LogP contribution in [0.1, 0.15) is 49.6 Å². The minimum Gasteiger partial charge on any atom is -0.497 e. The Hall–Kier alpha value is -3.10. The number of urea groups is 1. The van der Waals surface area contributed by atoms with Gasteiger partial charge < -0.3 is 25.0 Å². The van der Waals surface area contributed by atoms with Crippen LogP contribution >= 0.6 is 0 Å². The number of methoxy groups -OCH3 is 1. The summed E-state index contributed by atoms with van der Waals surface area (Å²) in [5.41, 5.74) is 3.94. The summed E-state index contributed by atoms with van der Waals surface area (Å²) in [5.74, 6) is 0.541. The molecule has 3 N–H and O–H groups in total. The van der Waals surface area contributed by atoms with Gasteiger partial charge in [0.15, 0.2) is 0 Å². The van der Waals surface area contributed by atoms with Crippen molar-refractivity contribution in [2.75, 3.05) is 33.4 Å². The second-order valence-corrected chi connectivity index (χ2v) is 10.4. The van der Waals surface area contributed by atoms with E-state index in [-0.39, 0.29) is 29.9 Å². The minimum atomic E-state index is -0.444. The van der Waals surface area contributed by atoms with Crippen molar-refractivity contribution in [3.05, 3.63) is 65.1 Å². The highest BCUT2D eigenvalue weighted by molar-refractivity contribution is 5.88. The van der Waals surface area contributed by atoms with Crippen LogP contribution in [0.2, 0.25) is 0 Å². The molecule has 2 amide bonds. The van der Waals surface area contributed by atoms with Crippen molar-refractivity contribution < 1.29 is 19.0 Å². The molecule has 3 aromatic rings. The number of carbonyl (C=O) groups is 1. The molecule has 36 heavy (non-hydrogen) atoms. The second kappa shape index (κ2) is 9.75. The molecule has 2 aliphatic heterocycles. The lowest BCUT2D eigenvalue weighted by Crippen LogP contribution is -2.57. The summed E-state index contributed by atoms with van der Waals surface area (Å²) in [6.45, 7) is 6.78. The van der Waals surface area contributed by atoms with E-state index in [1.54, 1.807) is 7.11 Å². The van der Waals surface area contributed by atoms with E-state index >= 15 is 0 Å². The molecular formula is C28H35FN4O3. The standard InChI is InChI=1S/C28H35FN4O3/c1-18(2)30-27(35)33-17-28(10-12-32(13-11-28)15-19-4-6-20(29)7-5-19)25-22-9-8-21(36-3)14-23(22)31-26(25)24(33)16-34/h4-9,14,18,24,31,34H,10-13,15-17H2,1-3H3,(H,30,35)/t24-/m1/s1. The molecule has 1 aromatic heterocycles. The number of H-pyrrole nitrogens is 1. The predicted octanol–water partition coefficient (Wildman–Crippen LogP) is 4.32. The summed E-state index contributed by atoms with van der Waals surface area (Å²) in [4.78, 5) is 21.0. The first-order chi connectivity index (χ1) is 17.3. The van der Waals surface area contributed by atoms with Crippen LogP contribution in [0.3, 0.4) is 0 Å². The number of halogens is 1. The largest absolute Gasteiger partial charge is 0.497 e. The molecule has 0 saturated carbocycles. The fourth-order valence-electron chi connectivity index (χ4n) is 5.95. The lowest BCUT2D eigenvalue weighted by Gasteiger charge is -2.50. The minimum absolute atomic E-state index is 0.00118. The molecule has 1 atom stereocenters. The highest BCUT2D eigenvalue weighted by Gasteiger charge is 2.48. The summed E-state index contributed by atoms with van der Waals surface area (Å²) in [5, 5.41) is 14.6. The summed E-state index contributed by atoms with van der Waals surface area (Å²) in [6, 6.07) is 12.2. The Bertz CT molecular complexity index is 1230. The van der Waals surface area contributed by atoms with Crippen molar-refractivity contribution in [1.82, 2.24) is 20.1 Å². The van der Waals surface area contributed by atoms with Gasteiger partial charge in [-0.15, -0.1) is 0 Å². The zero-order valence-corrected chi connectivity index (χ0v) is 21.2. The zero-order chi connectivity index (χ0) is 25.4. The number of aliphatic hydroxyl groups excluding tert-OH is 1. The first-order valence-electron chi connectivity index (χ1n) is 12.7. The summed E-state index contributed by atoms with van der Waals surface area (Å²) < 4.78 is 18.8. The van der Waals surface area contributed by atoms with Gasteiger partial charge in [0.25, 0.3) is 0 Å². The molecular weight excluding hydrogens is 459 g/mol. The first-order valence-corrected chi connectivity index (χ1v) is 12.7. The highest BCUT2D eigenvalue weighted by atomic mass is 19.1. The average molecular weight is 495 g/mol. The highest BCUT2D eigenvalue weighted by Crippen LogP contribution is 2.49. The smallest absolute Gasteiger partial charge is 0.318 e. The third-order valence-corrected chi connectivity index (χ3v) is 7.73. The number of fused-ring (bicyclic) bond motifs is 4.